The molecule has 2 heterocycles. The van der Waals surface area contributed by atoms with Crippen LogP contribution in [0.1, 0.15) is 10.4 Å². The van der Waals surface area contributed by atoms with Crippen LogP contribution in [0, 0.1) is 0 Å². The molecule has 0 amide bonds. The van der Waals surface area contributed by atoms with Gasteiger partial charge in [-0.15, -0.1) is 0 Å². The van der Waals surface area contributed by atoms with E-state index in [1.807, 2.05) is 0 Å². The minimum absolute atomic E-state index is 0. The van der Waals surface area contributed by atoms with Crippen molar-refractivity contribution in [1.29, 1.82) is 0 Å². The summed E-state index contributed by atoms with van der Waals surface area (Å²) in [4.78, 5) is 26.9. The number of aromatic carboxylic acids is 1. The molecule has 0 spiro atoms. The fraction of sp³-hybridized carbons (Fsp3) is 0. The molecule has 0 atom stereocenters. The minimum atomic E-state index is -1.33. The Kier molecular flexibility index (Phi) is 3.71. The number of carbonyl (C=O) groups is 1. The van der Waals surface area contributed by atoms with Crippen molar-refractivity contribution in [1.82, 2.24) is 4.98 Å². The third-order valence-electron chi connectivity index (χ3n) is 2.68. The normalized spacial score (nSPS) is 10.3. The van der Waals surface area contributed by atoms with Gasteiger partial charge in [-0.25, -0.2) is 4.98 Å². The summed E-state index contributed by atoms with van der Waals surface area (Å²) in [6.07, 6.45) is 1.52. The van der Waals surface area contributed by atoms with Gasteiger partial charge in [0.05, 0.1) is 16.7 Å². The Hall–Kier alpha value is -1.69. The molecule has 5 nitrogen and oxygen atoms in total. The maximum atomic E-state index is 12.1. The first kappa shape index (κ1) is 13.7. The predicted molar refractivity (Wildman–Crippen MR) is 62.1 cm³/mol. The van der Waals surface area contributed by atoms with Crippen molar-refractivity contribution in [2.24, 2.45) is 0 Å². The van der Waals surface area contributed by atoms with Crippen LogP contribution in [-0.4, -0.2) is 11.0 Å². The largest absolute Gasteiger partial charge is 1.00 e. The van der Waals surface area contributed by atoms with Crippen LogP contribution in [0.15, 0.2) is 45.7 Å². The van der Waals surface area contributed by atoms with Crippen LogP contribution < -0.4 is 40.1 Å². The zero-order chi connectivity index (χ0) is 12.7. The number of carboxylic acids is 1. The molecule has 88 valence electrons. The van der Waals surface area contributed by atoms with Gasteiger partial charge in [0.15, 0.2) is 0 Å². The molecule has 2 aromatic heterocycles. The molecule has 3 rings (SSSR count). The zero-order valence-corrected chi connectivity index (χ0v) is 12.0. The maximum Gasteiger partial charge on any atom is 1.00 e. The van der Waals surface area contributed by atoms with Crippen molar-refractivity contribution in [3.63, 3.8) is 0 Å². The zero-order valence-electron chi connectivity index (χ0n) is 10.0. The molecular weight excluding hydrogens is 257 g/mol. The van der Waals surface area contributed by atoms with Gasteiger partial charge < -0.3 is 14.3 Å². The van der Waals surface area contributed by atoms with Gasteiger partial charge in [-0.05, 0) is 35.9 Å². The molecule has 6 heteroatoms. The Labute approximate surface area is 129 Å². The first-order valence-corrected chi connectivity index (χ1v) is 5.20. The van der Waals surface area contributed by atoms with Gasteiger partial charge in [-0.3, -0.25) is 4.79 Å². The van der Waals surface area contributed by atoms with E-state index < -0.39 is 5.97 Å². The fourth-order valence-corrected chi connectivity index (χ4v) is 1.82. The second-order valence-electron chi connectivity index (χ2n) is 3.79. The van der Waals surface area contributed by atoms with E-state index in [0.29, 0.717) is 11.0 Å². The summed E-state index contributed by atoms with van der Waals surface area (Å²) >= 11 is 0. The van der Waals surface area contributed by atoms with Gasteiger partial charge in [0.1, 0.15) is 5.58 Å². The number of pyridine rings is 1. The molecule has 0 unspecified atom stereocenters. The first-order valence-electron chi connectivity index (χ1n) is 5.20. The van der Waals surface area contributed by atoms with Gasteiger partial charge in [-0.2, -0.15) is 0 Å². The van der Waals surface area contributed by atoms with Crippen molar-refractivity contribution >= 4 is 28.0 Å². The summed E-state index contributed by atoms with van der Waals surface area (Å²) in [6.45, 7) is 0. The smallest absolute Gasteiger partial charge is 0.545 e. The second kappa shape index (κ2) is 5.13. The molecule has 3 aromatic rings. The van der Waals surface area contributed by atoms with Crippen molar-refractivity contribution < 1.29 is 43.9 Å². The standard InChI is InChI=1S/C13H7NO4.Na/c15-11-8-2-1-5-14-12(8)18-10-4-3-7(13(16)17)6-9(10)11;/h1-6H,(H,16,17);/q;+1/p-1. The molecule has 0 aliphatic rings. The molecular formula is C13H6NNaO4. The number of carbonyl (C=O) groups excluding carboxylic acids is 1. The SMILES string of the molecule is O=C([O-])c1ccc2oc3ncccc3c(=O)c2c1.[Na+]. The molecule has 0 saturated heterocycles. The molecule has 0 saturated carbocycles. The summed E-state index contributed by atoms with van der Waals surface area (Å²) in [5.41, 5.74) is 0.174. The monoisotopic (exact) mass is 263 g/mol. The van der Waals surface area contributed by atoms with E-state index in [0.717, 1.165) is 0 Å². The number of nitrogens with zero attached hydrogens (tertiary/aromatic N) is 1. The maximum absolute atomic E-state index is 12.1. The molecule has 0 N–H and O–H groups in total. The molecule has 0 aliphatic heterocycles. The predicted octanol–water partition coefficient (Wildman–Crippen LogP) is -2.29. The van der Waals surface area contributed by atoms with E-state index in [4.69, 9.17) is 4.42 Å². The van der Waals surface area contributed by atoms with Crippen LogP contribution in [0.4, 0.5) is 0 Å². The minimum Gasteiger partial charge on any atom is -0.545 e. The van der Waals surface area contributed by atoms with Crippen molar-refractivity contribution in [3.05, 3.63) is 52.3 Å². The Morgan fingerprint density at radius 2 is 2.00 bits per heavy atom. The van der Waals surface area contributed by atoms with E-state index in [-0.39, 0.29) is 51.6 Å². The van der Waals surface area contributed by atoms with Crippen molar-refractivity contribution in [2.75, 3.05) is 0 Å². The first-order chi connectivity index (χ1) is 8.66. The van der Waals surface area contributed by atoms with Gasteiger partial charge in [-0.1, -0.05) is 0 Å². The van der Waals surface area contributed by atoms with Crippen LogP contribution >= 0.6 is 0 Å². The Bertz CT molecular complexity index is 841. The summed E-state index contributed by atoms with van der Waals surface area (Å²) < 4.78 is 5.44. The van der Waals surface area contributed by atoms with Crippen molar-refractivity contribution in [3.8, 4) is 0 Å². The fourth-order valence-electron chi connectivity index (χ4n) is 1.82. The summed E-state index contributed by atoms with van der Waals surface area (Å²) in [7, 11) is 0. The number of aromatic nitrogens is 1. The Balaban J connectivity index is 0.00000133. The summed E-state index contributed by atoms with van der Waals surface area (Å²) in [6, 6.07) is 7.21. The topological polar surface area (TPSA) is 83.2 Å². The average Bonchev–Trinajstić information content (AvgIpc) is 2.38. The Morgan fingerprint density at radius 1 is 1.21 bits per heavy atom. The number of fused-ring (bicyclic) bond motifs is 2. The van der Waals surface area contributed by atoms with E-state index in [2.05, 4.69) is 4.98 Å². The summed E-state index contributed by atoms with van der Waals surface area (Å²) in [5.74, 6) is -1.33. The molecule has 19 heavy (non-hydrogen) atoms. The summed E-state index contributed by atoms with van der Waals surface area (Å²) in [5, 5.41) is 11.3. The van der Waals surface area contributed by atoms with Crippen LogP contribution in [0.25, 0.3) is 22.1 Å². The van der Waals surface area contributed by atoms with Crippen LogP contribution in [-0.2, 0) is 0 Å². The molecule has 0 radical (unpaired) electrons. The van der Waals surface area contributed by atoms with Gasteiger partial charge in [0.2, 0.25) is 11.1 Å². The molecule has 0 bridgehead atoms. The van der Waals surface area contributed by atoms with E-state index in [9.17, 15) is 14.7 Å². The Morgan fingerprint density at radius 3 is 2.74 bits per heavy atom. The molecule has 0 aliphatic carbocycles. The van der Waals surface area contributed by atoms with E-state index >= 15 is 0 Å². The van der Waals surface area contributed by atoms with Gasteiger partial charge in [0.25, 0.3) is 0 Å². The molecule has 0 fully saturated rings. The average molecular weight is 263 g/mol. The van der Waals surface area contributed by atoms with E-state index in [1.54, 1.807) is 12.1 Å². The number of hydrogen-bond acceptors (Lipinski definition) is 5. The van der Waals surface area contributed by atoms with Gasteiger partial charge >= 0.3 is 29.6 Å². The number of rotatable bonds is 1. The van der Waals surface area contributed by atoms with Crippen LogP contribution in [0.2, 0.25) is 0 Å². The number of hydrogen-bond donors (Lipinski definition) is 0. The number of benzene rings is 1. The molecule has 1 aromatic carbocycles. The quantitative estimate of drug-likeness (QED) is 0.364. The number of carboxylic acid groups (broad SMARTS) is 1. The second-order valence-corrected chi connectivity index (χ2v) is 3.79. The third kappa shape index (κ3) is 2.28. The van der Waals surface area contributed by atoms with Crippen LogP contribution in [0.3, 0.4) is 0 Å². The van der Waals surface area contributed by atoms with Crippen molar-refractivity contribution in [2.45, 2.75) is 0 Å². The van der Waals surface area contributed by atoms with E-state index in [1.165, 1.54) is 24.4 Å². The van der Waals surface area contributed by atoms with Crippen LogP contribution in [0.5, 0.6) is 0 Å². The van der Waals surface area contributed by atoms with Gasteiger partial charge in [0, 0.05) is 6.20 Å². The third-order valence-corrected chi connectivity index (χ3v) is 2.68.